The molecule has 0 unspecified atom stereocenters. The molecule has 0 fully saturated rings. The van der Waals surface area contributed by atoms with Crippen LogP contribution in [0.4, 0.5) is 0 Å². The Hall–Kier alpha value is -4.78. The molecule has 0 spiro atoms. The summed E-state index contributed by atoms with van der Waals surface area (Å²) in [6.07, 6.45) is 18.1. The molecule has 6 rings (SSSR count). The van der Waals surface area contributed by atoms with E-state index in [2.05, 4.69) is 74.9 Å². The molecule has 1 aliphatic carbocycles. The molecule has 0 radical (unpaired) electrons. The van der Waals surface area contributed by atoms with Crippen LogP contribution in [0.15, 0.2) is 95.3 Å². The molecule has 0 saturated carbocycles. The zero-order chi connectivity index (χ0) is 33.7. The van der Waals surface area contributed by atoms with E-state index in [4.69, 9.17) is 24.1 Å². The van der Waals surface area contributed by atoms with Crippen LogP contribution in [0, 0.1) is 5.41 Å². The van der Waals surface area contributed by atoms with Crippen LogP contribution < -0.4 is 23.5 Å². The van der Waals surface area contributed by atoms with Crippen molar-refractivity contribution in [2.45, 2.75) is 66.8 Å². The predicted molar refractivity (Wildman–Crippen MR) is 186 cm³/mol. The summed E-state index contributed by atoms with van der Waals surface area (Å²) in [5.41, 5.74) is 8.77. The second-order valence-corrected chi connectivity index (χ2v) is 13.0. The number of ether oxygens (including phenoxy) is 4. The lowest BCUT2D eigenvalue weighted by Gasteiger charge is -2.32. The first kappa shape index (κ1) is 33.6. The summed E-state index contributed by atoms with van der Waals surface area (Å²) in [4.78, 5) is 10.5. The molecule has 7 nitrogen and oxygen atoms in total. The van der Waals surface area contributed by atoms with Crippen LogP contribution in [0.3, 0.4) is 0 Å². The lowest BCUT2D eigenvalue weighted by molar-refractivity contribution is -0.686. The predicted octanol–water partition coefficient (Wildman–Crippen LogP) is 8.70. The van der Waals surface area contributed by atoms with Gasteiger partial charge in [0.2, 0.25) is 12.5 Å². The summed E-state index contributed by atoms with van der Waals surface area (Å²) in [7, 11) is 3.34. The molecule has 0 amide bonds. The number of aliphatic carboxylic acids is 1. The van der Waals surface area contributed by atoms with E-state index in [9.17, 15) is 4.79 Å². The van der Waals surface area contributed by atoms with Gasteiger partial charge in [0.15, 0.2) is 35.7 Å². The van der Waals surface area contributed by atoms with Crippen LogP contribution in [0.1, 0.15) is 59.4 Å². The van der Waals surface area contributed by atoms with Gasteiger partial charge in [0.25, 0.3) is 0 Å². The van der Waals surface area contributed by atoms with E-state index in [0.29, 0.717) is 6.79 Å². The van der Waals surface area contributed by atoms with Crippen LogP contribution >= 0.6 is 0 Å². The molecule has 1 aromatic heterocycles. The number of methoxy groups -OCH3 is 2. The number of pyridine rings is 1. The average molecular weight is 637 g/mol. The van der Waals surface area contributed by atoms with Crippen molar-refractivity contribution in [3.05, 3.63) is 101 Å². The van der Waals surface area contributed by atoms with Gasteiger partial charge in [-0.3, -0.25) is 0 Å². The molecule has 246 valence electrons. The topological polar surface area (TPSA) is 78.1 Å². The van der Waals surface area contributed by atoms with Gasteiger partial charge in [-0.05, 0) is 91.8 Å². The molecular weight excluding hydrogens is 590 g/mol. The van der Waals surface area contributed by atoms with Crippen molar-refractivity contribution in [2.24, 2.45) is 5.41 Å². The molecule has 0 saturated heterocycles. The number of carbonyl (C=O) groups is 1. The Labute approximate surface area is 278 Å². The summed E-state index contributed by atoms with van der Waals surface area (Å²) in [5.74, 6) is 2.27. The maximum atomic E-state index is 10.5. The molecule has 1 N–H and O–H groups in total. The number of fused-ring (bicyclic) bond motifs is 5. The van der Waals surface area contributed by atoms with E-state index in [0.717, 1.165) is 57.9 Å². The molecule has 3 heterocycles. The van der Waals surface area contributed by atoms with Gasteiger partial charge in [0.1, 0.15) is 0 Å². The Bertz CT molecular complexity index is 1840. The van der Waals surface area contributed by atoms with Crippen molar-refractivity contribution in [2.75, 3.05) is 21.0 Å². The van der Waals surface area contributed by atoms with Crippen LogP contribution in [0.25, 0.3) is 22.0 Å². The monoisotopic (exact) mass is 636 g/mol. The number of hydrogen-bond acceptors (Lipinski definition) is 5. The van der Waals surface area contributed by atoms with Crippen molar-refractivity contribution < 1.29 is 33.4 Å². The molecule has 3 aliphatic rings. The smallest absolute Gasteiger partial charge is 0.328 e. The van der Waals surface area contributed by atoms with Crippen molar-refractivity contribution in [1.29, 1.82) is 0 Å². The number of hydrogen-bond donors (Lipinski definition) is 1. The number of allylic oxidation sites excluding steroid dienone is 9. The first-order valence-corrected chi connectivity index (χ1v) is 16.2. The lowest BCUT2D eigenvalue weighted by atomic mass is 9.72. The van der Waals surface area contributed by atoms with E-state index in [1.807, 2.05) is 18.2 Å². The van der Waals surface area contributed by atoms with Gasteiger partial charge in [-0.15, -0.1) is 0 Å². The fraction of sp³-hybridized carbons (Fsp3) is 0.350. The lowest BCUT2D eigenvalue weighted by Crippen LogP contribution is -2.40. The third kappa shape index (κ3) is 7.62. The average Bonchev–Trinajstić information content (AvgIpc) is 3.49. The van der Waals surface area contributed by atoms with Crippen LogP contribution in [0.2, 0.25) is 0 Å². The Morgan fingerprint density at radius 3 is 2.47 bits per heavy atom. The molecule has 0 atom stereocenters. The maximum absolute atomic E-state index is 10.5. The molecule has 47 heavy (non-hydrogen) atoms. The second-order valence-electron chi connectivity index (χ2n) is 13.0. The molecule has 0 bridgehead atoms. The Morgan fingerprint density at radius 2 is 1.77 bits per heavy atom. The van der Waals surface area contributed by atoms with E-state index < -0.39 is 5.97 Å². The molecule has 2 aromatic carbocycles. The third-order valence-electron chi connectivity index (χ3n) is 9.13. The fourth-order valence-electron chi connectivity index (χ4n) is 6.64. The highest BCUT2D eigenvalue weighted by atomic mass is 16.7. The zero-order valence-corrected chi connectivity index (χ0v) is 28.6. The number of benzene rings is 2. The highest BCUT2D eigenvalue weighted by molar-refractivity contribution is 5.91. The molecular formula is C40H46NO6+. The summed E-state index contributed by atoms with van der Waals surface area (Å²) in [5, 5.41) is 10.8. The molecule has 7 heteroatoms. The number of nitrogens with zero attached hydrogens (tertiary/aromatic N) is 1. The van der Waals surface area contributed by atoms with Gasteiger partial charge in [-0.1, -0.05) is 55.4 Å². The number of aromatic nitrogens is 1. The Morgan fingerprint density at radius 1 is 1.00 bits per heavy atom. The first-order valence-electron chi connectivity index (χ1n) is 16.2. The maximum Gasteiger partial charge on any atom is 0.328 e. The minimum atomic E-state index is -0.912. The van der Waals surface area contributed by atoms with Crippen molar-refractivity contribution in [3.63, 3.8) is 0 Å². The van der Waals surface area contributed by atoms with Gasteiger partial charge in [-0.25, -0.2) is 4.79 Å². The number of carboxylic acid groups (broad SMARTS) is 1. The van der Waals surface area contributed by atoms with Gasteiger partial charge < -0.3 is 24.1 Å². The Balaban J connectivity index is 0.000000187. The van der Waals surface area contributed by atoms with Gasteiger partial charge in [0, 0.05) is 18.6 Å². The van der Waals surface area contributed by atoms with E-state index >= 15 is 0 Å². The number of carboxylic acids is 1. The first-order chi connectivity index (χ1) is 22.5. The standard InChI is InChI=1S/C20H18NO4.C20H28O2/c1-22-17-4-3-12-7-16-14-9-19-18(24-11-25-19)8-13(14)5-6-21(16)10-15(12)20(17)23-2;1-15(8-6-9-16(2)14-19(21)22)11-12-18-17(3)10-7-13-20(18,4)5/h3-4,7-10H,5-6,11H2,1-2H3;6,8-9,11-12,14H,7,10,13H2,1-5H3,(H,21,22)/q+1;/b;9-6+,12-11+,15-8+,16-14+. The summed E-state index contributed by atoms with van der Waals surface area (Å²) >= 11 is 0. The zero-order valence-electron chi connectivity index (χ0n) is 28.6. The van der Waals surface area contributed by atoms with Gasteiger partial charge in [0.05, 0.1) is 25.2 Å². The van der Waals surface area contributed by atoms with Crippen molar-refractivity contribution in [1.82, 2.24) is 0 Å². The third-order valence-corrected chi connectivity index (χ3v) is 9.13. The minimum Gasteiger partial charge on any atom is -0.493 e. The van der Waals surface area contributed by atoms with E-state index in [-0.39, 0.29) is 5.41 Å². The number of aryl methyl sites for hydroxylation is 2. The summed E-state index contributed by atoms with van der Waals surface area (Å²) in [6, 6.07) is 10.4. The quantitative estimate of drug-likeness (QED) is 0.159. The Kier molecular flexibility index (Phi) is 10.2. The highest BCUT2D eigenvalue weighted by Gasteiger charge is 2.29. The van der Waals surface area contributed by atoms with Crippen molar-refractivity contribution >= 4 is 16.7 Å². The summed E-state index contributed by atoms with van der Waals surface area (Å²) < 4.78 is 24.4. The molecule has 2 aliphatic heterocycles. The normalized spacial score (nSPS) is 17.0. The van der Waals surface area contributed by atoms with Gasteiger partial charge >= 0.3 is 5.97 Å². The highest BCUT2D eigenvalue weighted by Crippen LogP contribution is 2.42. The SMILES string of the molecule is CC1=C(/C=C/C(C)=C/C=C/C(C)=C/C(=O)O)C(C)(C)CCC1.COc1ccc2cc3[n+](cc2c1OC)CCc1cc2c(cc1-3)OCO2. The van der Waals surface area contributed by atoms with Crippen molar-refractivity contribution in [3.8, 4) is 34.3 Å². The van der Waals surface area contributed by atoms with Crippen LogP contribution in [0.5, 0.6) is 23.0 Å². The largest absolute Gasteiger partial charge is 0.493 e. The van der Waals surface area contributed by atoms with E-state index in [1.54, 1.807) is 27.2 Å². The second kappa shape index (κ2) is 14.3. The van der Waals surface area contributed by atoms with Crippen LogP contribution in [-0.4, -0.2) is 32.1 Å². The number of rotatable bonds is 7. The molecule has 3 aromatic rings. The van der Waals surface area contributed by atoms with Crippen LogP contribution in [-0.2, 0) is 17.8 Å². The minimum absolute atomic E-state index is 0.260. The fourth-order valence-corrected chi connectivity index (χ4v) is 6.64. The van der Waals surface area contributed by atoms with Gasteiger partial charge in [-0.2, -0.15) is 4.57 Å². The van der Waals surface area contributed by atoms with E-state index in [1.165, 1.54) is 53.3 Å². The summed E-state index contributed by atoms with van der Waals surface area (Å²) in [6.45, 7) is 11.9.